The van der Waals surface area contributed by atoms with Crippen molar-refractivity contribution in [3.8, 4) is 0 Å². The third-order valence-electron chi connectivity index (χ3n) is 9.69. The Hall–Kier alpha value is -1.51. The van der Waals surface area contributed by atoms with Crippen LogP contribution in [0.4, 0.5) is 0 Å². The van der Waals surface area contributed by atoms with Gasteiger partial charge in [0, 0.05) is 12.8 Å². The molecule has 0 aromatic carbocycles. The van der Waals surface area contributed by atoms with Gasteiger partial charge in [-0.05, 0) is 64.2 Å². The van der Waals surface area contributed by atoms with Crippen LogP contribution in [0.3, 0.4) is 0 Å². The minimum atomic E-state index is -4.62. The van der Waals surface area contributed by atoms with Gasteiger partial charge in [-0.15, -0.1) is 0 Å². The van der Waals surface area contributed by atoms with Gasteiger partial charge in [0.1, 0.15) is 19.8 Å². The summed E-state index contributed by atoms with van der Waals surface area (Å²) < 4.78 is 33.9. The zero-order valence-corrected chi connectivity index (χ0v) is 37.3. The number of likely N-dealkylation sites (N-methyl/N-ethyl adjacent to an activating group) is 1. The van der Waals surface area contributed by atoms with Crippen LogP contribution in [0.25, 0.3) is 0 Å². The Labute approximate surface area is 339 Å². The van der Waals surface area contributed by atoms with Gasteiger partial charge in [0.05, 0.1) is 27.7 Å². The van der Waals surface area contributed by atoms with E-state index in [0.29, 0.717) is 17.4 Å². The molecule has 0 saturated heterocycles. The highest BCUT2D eigenvalue weighted by atomic mass is 31.2. The Kier molecular flexibility index (Phi) is 37.0. The first-order chi connectivity index (χ1) is 26.5. The van der Waals surface area contributed by atoms with Crippen LogP contribution in [0.1, 0.15) is 200 Å². The molecule has 0 rings (SSSR count). The number of phosphoric ester groups is 1. The second-order valence-corrected chi connectivity index (χ2v) is 17.8. The zero-order valence-electron chi connectivity index (χ0n) is 36.4. The summed E-state index contributed by atoms with van der Waals surface area (Å²) in [7, 11) is 1.16. The number of carbonyl (C=O) groups is 2. The number of carbonyl (C=O) groups excluding carboxylic acids is 2. The summed E-state index contributed by atoms with van der Waals surface area (Å²) >= 11 is 0. The number of phosphoric acid groups is 1. The maximum atomic E-state index is 12.7. The van der Waals surface area contributed by atoms with Gasteiger partial charge in [0.15, 0.2) is 6.10 Å². The maximum Gasteiger partial charge on any atom is 0.306 e. The summed E-state index contributed by atoms with van der Waals surface area (Å²) in [6.45, 7) is 4.21. The lowest BCUT2D eigenvalue weighted by Gasteiger charge is -2.28. The predicted octanol–water partition coefficient (Wildman–Crippen LogP) is 12.1. The van der Waals surface area contributed by atoms with Crippen molar-refractivity contribution in [2.75, 3.05) is 47.5 Å². The van der Waals surface area contributed by atoms with E-state index in [1.807, 2.05) is 21.1 Å². The van der Waals surface area contributed by atoms with Gasteiger partial charge in [-0.25, -0.2) is 0 Å². The molecule has 2 atom stereocenters. The lowest BCUT2D eigenvalue weighted by Crippen LogP contribution is -2.37. The second-order valence-electron chi connectivity index (χ2n) is 16.4. The zero-order chi connectivity index (χ0) is 40.7. The second kappa shape index (κ2) is 38.0. The largest absolute Gasteiger partial charge is 0.756 e. The Bertz CT molecular complexity index is 996. The Balaban J connectivity index is 4.34. The monoisotopic (exact) mass is 800 g/mol. The number of nitrogens with zero attached hydrogens (tertiary/aromatic N) is 1. The van der Waals surface area contributed by atoms with Gasteiger partial charge in [-0.1, -0.05) is 147 Å². The lowest BCUT2D eigenvalue weighted by molar-refractivity contribution is -0.870. The topological polar surface area (TPSA) is 111 Å². The minimum Gasteiger partial charge on any atom is -0.756 e. The first-order valence-corrected chi connectivity index (χ1v) is 24.0. The summed E-state index contributed by atoms with van der Waals surface area (Å²) in [5.74, 6) is -0.845. The molecule has 0 aromatic rings. The smallest absolute Gasteiger partial charge is 0.306 e. The summed E-state index contributed by atoms with van der Waals surface area (Å²) in [6.07, 6.45) is 40.5. The van der Waals surface area contributed by atoms with E-state index in [1.165, 1.54) is 103 Å². The number of ether oxygens (including phenoxy) is 2. The van der Waals surface area contributed by atoms with E-state index in [0.717, 1.165) is 64.2 Å². The van der Waals surface area contributed by atoms with E-state index in [-0.39, 0.29) is 32.0 Å². The molecule has 0 aromatic heterocycles. The molecule has 0 aliphatic heterocycles. The third kappa shape index (κ3) is 41.9. The summed E-state index contributed by atoms with van der Waals surface area (Å²) in [5, 5.41) is 0. The number of hydrogen-bond donors (Lipinski definition) is 0. The van der Waals surface area contributed by atoms with E-state index in [9.17, 15) is 19.0 Å². The van der Waals surface area contributed by atoms with Crippen LogP contribution >= 0.6 is 7.82 Å². The van der Waals surface area contributed by atoms with Crippen LogP contribution in [0, 0.1) is 0 Å². The van der Waals surface area contributed by atoms with Crippen LogP contribution in [0.15, 0.2) is 24.3 Å². The minimum absolute atomic E-state index is 0.0319. The molecule has 0 spiro atoms. The third-order valence-corrected chi connectivity index (χ3v) is 10.7. The highest BCUT2D eigenvalue weighted by Gasteiger charge is 2.21. The van der Waals surface area contributed by atoms with Crippen molar-refractivity contribution in [2.45, 2.75) is 206 Å². The number of esters is 2. The molecule has 0 amide bonds. The van der Waals surface area contributed by atoms with Crippen molar-refractivity contribution in [1.82, 2.24) is 0 Å². The van der Waals surface area contributed by atoms with Crippen molar-refractivity contribution in [3.63, 3.8) is 0 Å². The average Bonchev–Trinajstić information content (AvgIpc) is 3.13. The predicted molar refractivity (Wildman–Crippen MR) is 227 cm³/mol. The van der Waals surface area contributed by atoms with Gasteiger partial charge in [-0.3, -0.25) is 14.2 Å². The standard InChI is InChI=1S/C45H86NO8P/c1-6-8-10-12-14-16-18-20-22-23-24-26-27-29-31-33-35-37-44(47)51-41-43(42-53-55(49,50)52-40-39-46(3,4)5)54-45(48)38-36-34-32-30-28-25-21-19-17-15-13-11-9-7-2/h19-22,43H,6-18,23-42H2,1-5H3/b21-19+,22-20+/t43-/m1/s1. The Morgan fingerprint density at radius 3 is 1.35 bits per heavy atom. The number of quaternary nitrogens is 1. The van der Waals surface area contributed by atoms with Crippen molar-refractivity contribution in [2.24, 2.45) is 0 Å². The molecule has 324 valence electrons. The van der Waals surface area contributed by atoms with Gasteiger partial charge < -0.3 is 27.9 Å². The molecule has 0 aliphatic carbocycles. The van der Waals surface area contributed by atoms with Crippen LogP contribution in [0.5, 0.6) is 0 Å². The Morgan fingerprint density at radius 1 is 0.545 bits per heavy atom. The molecule has 9 nitrogen and oxygen atoms in total. The van der Waals surface area contributed by atoms with E-state index >= 15 is 0 Å². The van der Waals surface area contributed by atoms with Crippen molar-refractivity contribution < 1.29 is 42.1 Å². The molecular formula is C45H86NO8P. The molecule has 0 heterocycles. The van der Waals surface area contributed by atoms with Crippen LogP contribution < -0.4 is 4.89 Å². The van der Waals surface area contributed by atoms with Crippen molar-refractivity contribution in [3.05, 3.63) is 24.3 Å². The van der Waals surface area contributed by atoms with Crippen molar-refractivity contribution in [1.29, 1.82) is 0 Å². The molecule has 0 radical (unpaired) electrons. The van der Waals surface area contributed by atoms with Crippen LogP contribution in [-0.4, -0.2) is 70.0 Å². The van der Waals surface area contributed by atoms with Gasteiger partial charge in [-0.2, -0.15) is 0 Å². The summed E-state index contributed by atoms with van der Waals surface area (Å²) in [6, 6.07) is 0. The quantitative estimate of drug-likeness (QED) is 0.0198. The number of allylic oxidation sites excluding steroid dienone is 4. The lowest BCUT2D eigenvalue weighted by atomic mass is 10.1. The average molecular weight is 800 g/mol. The van der Waals surface area contributed by atoms with E-state index < -0.39 is 26.5 Å². The fourth-order valence-corrected chi connectivity index (χ4v) is 6.84. The molecule has 0 fully saturated rings. The number of unbranched alkanes of at least 4 members (excludes halogenated alkanes) is 23. The highest BCUT2D eigenvalue weighted by Crippen LogP contribution is 2.38. The normalized spacial score (nSPS) is 13.8. The van der Waals surface area contributed by atoms with E-state index in [2.05, 4.69) is 38.2 Å². The SMILES string of the molecule is CCCCCCC/C=C/CCCCCCCC(=O)O[C@H](COC(=O)CCCCCCCCC/C=C/CCCCCCCC)COP(=O)([O-])OCC[N+](C)(C)C. The molecule has 10 heteroatoms. The fraction of sp³-hybridized carbons (Fsp3) is 0.867. The molecule has 0 saturated carbocycles. The fourth-order valence-electron chi connectivity index (χ4n) is 6.11. The van der Waals surface area contributed by atoms with Gasteiger partial charge >= 0.3 is 11.9 Å². The molecule has 1 unspecified atom stereocenters. The molecular weight excluding hydrogens is 713 g/mol. The van der Waals surface area contributed by atoms with Crippen LogP contribution in [-0.2, 0) is 32.7 Å². The first-order valence-electron chi connectivity index (χ1n) is 22.5. The number of rotatable bonds is 41. The summed E-state index contributed by atoms with van der Waals surface area (Å²) in [5.41, 5.74) is 0. The molecule has 0 bridgehead atoms. The molecule has 0 N–H and O–H groups in total. The van der Waals surface area contributed by atoms with Gasteiger partial charge in [0.25, 0.3) is 7.82 Å². The summed E-state index contributed by atoms with van der Waals surface area (Å²) in [4.78, 5) is 37.5. The molecule has 55 heavy (non-hydrogen) atoms. The van der Waals surface area contributed by atoms with E-state index in [1.54, 1.807) is 0 Å². The van der Waals surface area contributed by atoms with Gasteiger partial charge in [0.2, 0.25) is 0 Å². The van der Waals surface area contributed by atoms with Crippen LogP contribution in [0.2, 0.25) is 0 Å². The highest BCUT2D eigenvalue weighted by molar-refractivity contribution is 7.45. The first kappa shape index (κ1) is 53.5. The van der Waals surface area contributed by atoms with Crippen molar-refractivity contribution >= 4 is 19.8 Å². The van der Waals surface area contributed by atoms with E-state index in [4.69, 9.17) is 18.5 Å². The maximum absolute atomic E-state index is 12.7. The Morgan fingerprint density at radius 2 is 0.927 bits per heavy atom. The molecule has 0 aliphatic rings. The number of hydrogen-bond acceptors (Lipinski definition) is 8.